The molecular weight excluding hydrogens is 240 g/mol. The predicted molar refractivity (Wildman–Crippen MR) is 64.0 cm³/mol. The molecule has 0 heterocycles. The van der Waals surface area contributed by atoms with E-state index in [9.17, 15) is 0 Å². The molecule has 0 unspecified atom stereocenters. The number of rotatable bonds is 5. The van der Waals surface area contributed by atoms with Gasteiger partial charge in [-0.15, -0.1) is 0 Å². The third-order valence-corrected chi connectivity index (χ3v) is 2.15. The van der Waals surface area contributed by atoms with Crippen molar-refractivity contribution in [1.29, 1.82) is 0 Å². The Bertz CT molecular complexity index is 294. The first-order valence-electron chi connectivity index (χ1n) is 4.62. The molecule has 1 nitrogen and oxygen atoms in total. The summed E-state index contributed by atoms with van der Waals surface area (Å²) in [5, 5.41) is 0. The summed E-state index contributed by atoms with van der Waals surface area (Å²) in [6, 6.07) is 8.15. The fourth-order valence-corrected chi connectivity index (χ4v) is 1.46. The largest absolute Gasteiger partial charge is 0.377 e. The average Bonchev–Trinajstić information content (AvgIpc) is 2.18. The van der Waals surface area contributed by atoms with Crippen molar-refractivity contribution in [2.24, 2.45) is 0 Å². The monoisotopic (exact) mass is 253 g/mol. The van der Waals surface area contributed by atoms with E-state index in [1.807, 2.05) is 24.3 Å². The fourth-order valence-electron chi connectivity index (χ4n) is 1.05. The summed E-state index contributed by atoms with van der Waals surface area (Å²) < 4.78 is 6.37. The molecule has 75 valence electrons. The minimum absolute atomic E-state index is 0.655. The topological polar surface area (TPSA) is 9.23 Å². The molecule has 0 atom stereocenters. The van der Waals surface area contributed by atoms with E-state index >= 15 is 0 Å². The number of halogens is 1. The lowest BCUT2D eigenvalue weighted by molar-refractivity contribution is 0.167. The molecule has 0 amide bonds. The molecule has 0 saturated carbocycles. The molecule has 0 aliphatic carbocycles. The van der Waals surface area contributed by atoms with Gasteiger partial charge in [0.05, 0.1) is 6.61 Å². The Labute approximate surface area is 93.9 Å². The molecular formula is C12H14BrO. The van der Waals surface area contributed by atoms with Crippen LogP contribution in [0.1, 0.15) is 12.0 Å². The standard InChI is InChI=1S/C12H14BrO/c1-2-8-14-9-4-6-11-5-3-7-12(13)10-11/h3-7,10H,1-2,8-9H2. The highest BCUT2D eigenvalue weighted by molar-refractivity contribution is 9.10. The number of ether oxygens (including phenoxy) is 1. The molecule has 1 aromatic carbocycles. The van der Waals surface area contributed by atoms with Crippen LogP contribution in [0.4, 0.5) is 0 Å². The van der Waals surface area contributed by atoms with Gasteiger partial charge in [0.15, 0.2) is 0 Å². The summed E-state index contributed by atoms with van der Waals surface area (Å²) >= 11 is 3.42. The Hall–Kier alpha value is -0.600. The lowest BCUT2D eigenvalue weighted by atomic mass is 10.2. The minimum Gasteiger partial charge on any atom is -0.377 e. The third kappa shape index (κ3) is 4.58. The molecule has 0 aliphatic rings. The second-order valence-electron chi connectivity index (χ2n) is 2.89. The molecule has 0 saturated heterocycles. The molecule has 0 aliphatic heterocycles. The van der Waals surface area contributed by atoms with Crippen LogP contribution >= 0.6 is 15.9 Å². The molecule has 1 rings (SSSR count). The highest BCUT2D eigenvalue weighted by Gasteiger charge is 1.87. The van der Waals surface area contributed by atoms with Gasteiger partial charge >= 0.3 is 0 Å². The van der Waals surface area contributed by atoms with Crippen LogP contribution in [0, 0.1) is 6.92 Å². The molecule has 0 bridgehead atoms. The van der Waals surface area contributed by atoms with Crippen molar-refractivity contribution in [3.63, 3.8) is 0 Å². The van der Waals surface area contributed by atoms with Crippen molar-refractivity contribution in [3.05, 3.63) is 47.3 Å². The van der Waals surface area contributed by atoms with Gasteiger partial charge < -0.3 is 4.74 Å². The first kappa shape index (κ1) is 11.5. The predicted octanol–water partition coefficient (Wildman–Crippen LogP) is 3.70. The van der Waals surface area contributed by atoms with Gasteiger partial charge in [-0.3, -0.25) is 0 Å². The van der Waals surface area contributed by atoms with Gasteiger partial charge in [0, 0.05) is 11.1 Å². The zero-order valence-electron chi connectivity index (χ0n) is 8.08. The minimum atomic E-state index is 0.655. The Morgan fingerprint density at radius 2 is 2.29 bits per heavy atom. The second-order valence-corrected chi connectivity index (χ2v) is 3.80. The first-order chi connectivity index (χ1) is 6.83. The molecule has 1 aromatic rings. The van der Waals surface area contributed by atoms with Gasteiger partial charge in [-0.25, -0.2) is 0 Å². The van der Waals surface area contributed by atoms with Gasteiger partial charge in [-0.05, 0) is 24.1 Å². The van der Waals surface area contributed by atoms with E-state index in [0.29, 0.717) is 6.61 Å². The van der Waals surface area contributed by atoms with Crippen molar-refractivity contribution in [2.75, 3.05) is 13.2 Å². The van der Waals surface area contributed by atoms with Gasteiger partial charge in [0.1, 0.15) is 0 Å². The van der Waals surface area contributed by atoms with Crippen LogP contribution in [0.5, 0.6) is 0 Å². The van der Waals surface area contributed by atoms with E-state index in [0.717, 1.165) is 17.5 Å². The van der Waals surface area contributed by atoms with E-state index in [1.54, 1.807) is 0 Å². The maximum absolute atomic E-state index is 5.27. The van der Waals surface area contributed by atoms with Gasteiger partial charge in [-0.1, -0.05) is 47.1 Å². The molecule has 0 fully saturated rings. The van der Waals surface area contributed by atoms with E-state index < -0.39 is 0 Å². The third-order valence-electron chi connectivity index (χ3n) is 1.66. The van der Waals surface area contributed by atoms with Crippen molar-refractivity contribution in [2.45, 2.75) is 6.42 Å². The van der Waals surface area contributed by atoms with E-state index in [-0.39, 0.29) is 0 Å². The number of hydrogen-bond acceptors (Lipinski definition) is 1. The Morgan fingerprint density at radius 1 is 1.43 bits per heavy atom. The van der Waals surface area contributed by atoms with Gasteiger partial charge in [0.2, 0.25) is 0 Å². The Morgan fingerprint density at radius 3 is 3.00 bits per heavy atom. The van der Waals surface area contributed by atoms with Crippen LogP contribution in [0.25, 0.3) is 6.08 Å². The van der Waals surface area contributed by atoms with Crippen LogP contribution in [0.15, 0.2) is 34.8 Å². The maximum Gasteiger partial charge on any atom is 0.0650 e. The van der Waals surface area contributed by atoms with E-state index in [1.165, 1.54) is 5.56 Å². The zero-order valence-corrected chi connectivity index (χ0v) is 9.66. The highest BCUT2D eigenvalue weighted by Crippen LogP contribution is 2.12. The summed E-state index contributed by atoms with van der Waals surface area (Å²) in [6.45, 7) is 5.08. The van der Waals surface area contributed by atoms with Gasteiger partial charge in [-0.2, -0.15) is 0 Å². The van der Waals surface area contributed by atoms with Crippen LogP contribution in [0.2, 0.25) is 0 Å². The quantitative estimate of drug-likeness (QED) is 0.728. The van der Waals surface area contributed by atoms with Gasteiger partial charge in [0.25, 0.3) is 0 Å². The summed E-state index contributed by atoms with van der Waals surface area (Å²) in [4.78, 5) is 0. The Balaban J connectivity index is 2.36. The van der Waals surface area contributed by atoms with E-state index in [2.05, 4.69) is 35.0 Å². The normalized spacial score (nSPS) is 11.0. The summed E-state index contributed by atoms with van der Waals surface area (Å²) in [7, 11) is 0. The molecule has 2 heteroatoms. The molecule has 0 spiro atoms. The second kappa shape index (κ2) is 6.80. The van der Waals surface area contributed by atoms with Crippen molar-refractivity contribution >= 4 is 22.0 Å². The van der Waals surface area contributed by atoms with Crippen LogP contribution in [-0.2, 0) is 4.74 Å². The SMILES string of the molecule is [CH2]CCOCC=Cc1cccc(Br)c1. The fraction of sp³-hybridized carbons (Fsp3) is 0.250. The first-order valence-corrected chi connectivity index (χ1v) is 5.41. The zero-order chi connectivity index (χ0) is 10.2. The molecule has 0 aromatic heterocycles. The van der Waals surface area contributed by atoms with Crippen LogP contribution in [-0.4, -0.2) is 13.2 Å². The molecule has 0 N–H and O–H groups in total. The van der Waals surface area contributed by atoms with Crippen molar-refractivity contribution in [1.82, 2.24) is 0 Å². The highest BCUT2D eigenvalue weighted by atomic mass is 79.9. The summed E-state index contributed by atoms with van der Waals surface area (Å²) in [5.74, 6) is 0. The van der Waals surface area contributed by atoms with Crippen LogP contribution < -0.4 is 0 Å². The molecule has 1 radical (unpaired) electrons. The average molecular weight is 254 g/mol. The number of benzene rings is 1. The number of hydrogen-bond donors (Lipinski definition) is 0. The van der Waals surface area contributed by atoms with E-state index in [4.69, 9.17) is 4.74 Å². The van der Waals surface area contributed by atoms with Crippen LogP contribution in [0.3, 0.4) is 0 Å². The smallest absolute Gasteiger partial charge is 0.0650 e. The summed E-state index contributed by atoms with van der Waals surface area (Å²) in [5.41, 5.74) is 1.18. The Kier molecular flexibility index (Phi) is 5.57. The molecule has 14 heavy (non-hydrogen) atoms. The van der Waals surface area contributed by atoms with Crippen molar-refractivity contribution in [3.8, 4) is 0 Å². The maximum atomic E-state index is 5.27. The lowest BCUT2D eigenvalue weighted by Gasteiger charge is -1.97. The summed E-state index contributed by atoms with van der Waals surface area (Å²) in [6.07, 6.45) is 4.88. The lowest BCUT2D eigenvalue weighted by Crippen LogP contribution is -1.91. The van der Waals surface area contributed by atoms with Crippen molar-refractivity contribution < 1.29 is 4.74 Å².